The number of esters is 1. The topological polar surface area (TPSA) is 66.2 Å². The van der Waals surface area contributed by atoms with Gasteiger partial charge in [0.25, 0.3) is 0 Å². The molecule has 20 heavy (non-hydrogen) atoms. The fourth-order valence-electron chi connectivity index (χ4n) is 2.51. The molecule has 0 unspecified atom stereocenters. The van der Waals surface area contributed by atoms with E-state index in [-0.39, 0.29) is 11.9 Å². The molecular weight excluding hydrogens is 254 g/mol. The van der Waals surface area contributed by atoms with Gasteiger partial charge < -0.3 is 9.64 Å². The molecule has 0 aliphatic carbocycles. The van der Waals surface area contributed by atoms with Crippen LogP contribution in [0.25, 0.3) is 0 Å². The van der Waals surface area contributed by atoms with Gasteiger partial charge in [0.05, 0.1) is 18.1 Å². The molecule has 1 aliphatic rings. The van der Waals surface area contributed by atoms with Gasteiger partial charge in [-0.2, -0.15) is 5.26 Å². The maximum absolute atomic E-state index is 11.7. The van der Waals surface area contributed by atoms with Crippen LogP contribution in [0, 0.1) is 24.2 Å². The van der Waals surface area contributed by atoms with Crippen molar-refractivity contribution < 1.29 is 9.53 Å². The zero-order valence-corrected chi connectivity index (χ0v) is 11.9. The van der Waals surface area contributed by atoms with Gasteiger partial charge in [0.15, 0.2) is 0 Å². The van der Waals surface area contributed by atoms with Crippen molar-refractivity contribution in [1.82, 2.24) is 4.98 Å². The van der Waals surface area contributed by atoms with Crippen LogP contribution in [0.15, 0.2) is 12.3 Å². The molecule has 0 bridgehead atoms. The third-order valence-corrected chi connectivity index (χ3v) is 3.67. The average molecular weight is 273 g/mol. The van der Waals surface area contributed by atoms with Crippen molar-refractivity contribution in [1.29, 1.82) is 5.26 Å². The molecule has 0 saturated carbocycles. The van der Waals surface area contributed by atoms with Crippen LogP contribution in [0.4, 0.5) is 5.82 Å². The fourth-order valence-corrected chi connectivity index (χ4v) is 2.51. The zero-order chi connectivity index (χ0) is 14.5. The second kappa shape index (κ2) is 6.38. The van der Waals surface area contributed by atoms with Crippen LogP contribution in [-0.4, -0.2) is 30.6 Å². The highest BCUT2D eigenvalue weighted by Crippen LogP contribution is 2.26. The highest BCUT2D eigenvalue weighted by molar-refractivity contribution is 5.73. The number of piperidine rings is 1. The average Bonchev–Trinajstić information content (AvgIpc) is 2.47. The Kier molecular flexibility index (Phi) is 4.57. The van der Waals surface area contributed by atoms with Crippen molar-refractivity contribution in [3.05, 3.63) is 23.4 Å². The molecular formula is C15H19N3O2. The van der Waals surface area contributed by atoms with E-state index in [4.69, 9.17) is 4.74 Å². The minimum atomic E-state index is -0.107. The Labute approximate surface area is 119 Å². The maximum atomic E-state index is 11.7. The lowest BCUT2D eigenvalue weighted by molar-refractivity contribution is -0.148. The first-order chi connectivity index (χ1) is 9.67. The molecule has 2 rings (SSSR count). The molecule has 106 valence electrons. The molecule has 1 aliphatic heterocycles. The van der Waals surface area contributed by atoms with Crippen LogP contribution >= 0.6 is 0 Å². The maximum Gasteiger partial charge on any atom is 0.309 e. The number of anilines is 1. The lowest BCUT2D eigenvalue weighted by atomic mass is 9.96. The van der Waals surface area contributed by atoms with Gasteiger partial charge in [0, 0.05) is 19.3 Å². The quantitative estimate of drug-likeness (QED) is 0.788. The summed E-state index contributed by atoms with van der Waals surface area (Å²) in [5.74, 6) is 0.598. The molecule has 5 heteroatoms. The van der Waals surface area contributed by atoms with Gasteiger partial charge in [-0.1, -0.05) is 0 Å². The predicted molar refractivity (Wildman–Crippen MR) is 75.3 cm³/mol. The summed E-state index contributed by atoms with van der Waals surface area (Å²) in [6.07, 6.45) is 3.22. The first-order valence-corrected chi connectivity index (χ1v) is 6.94. The van der Waals surface area contributed by atoms with Gasteiger partial charge in [-0.3, -0.25) is 4.79 Å². The molecule has 5 nitrogen and oxygen atoms in total. The summed E-state index contributed by atoms with van der Waals surface area (Å²) < 4.78 is 5.06. The van der Waals surface area contributed by atoms with Gasteiger partial charge in [-0.25, -0.2) is 4.98 Å². The van der Waals surface area contributed by atoms with Gasteiger partial charge >= 0.3 is 5.97 Å². The van der Waals surface area contributed by atoms with E-state index in [1.807, 2.05) is 19.9 Å². The Morgan fingerprint density at radius 3 is 2.85 bits per heavy atom. The van der Waals surface area contributed by atoms with E-state index in [1.165, 1.54) is 0 Å². The summed E-state index contributed by atoms with van der Waals surface area (Å²) in [6, 6.07) is 4.06. The smallest absolute Gasteiger partial charge is 0.309 e. The number of hydrogen-bond acceptors (Lipinski definition) is 5. The Morgan fingerprint density at radius 2 is 2.25 bits per heavy atom. The fraction of sp³-hybridized carbons (Fsp3) is 0.533. The summed E-state index contributed by atoms with van der Waals surface area (Å²) >= 11 is 0. The van der Waals surface area contributed by atoms with Gasteiger partial charge in [0.1, 0.15) is 11.9 Å². The molecule has 1 aromatic rings. The van der Waals surface area contributed by atoms with Crippen LogP contribution in [0.5, 0.6) is 0 Å². The number of aryl methyl sites for hydroxylation is 1. The lowest BCUT2D eigenvalue weighted by Gasteiger charge is -2.32. The number of aromatic nitrogens is 1. The predicted octanol–water partition coefficient (Wildman–Crippen LogP) is 2.04. The molecule has 1 fully saturated rings. The van der Waals surface area contributed by atoms with Crippen LogP contribution in [-0.2, 0) is 9.53 Å². The number of rotatable bonds is 3. The van der Waals surface area contributed by atoms with E-state index >= 15 is 0 Å². The van der Waals surface area contributed by atoms with Crippen LogP contribution in [0.2, 0.25) is 0 Å². The monoisotopic (exact) mass is 273 g/mol. The number of carbonyl (C=O) groups is 1. The summed E-state index contributed by atoms with van der Waals surface area (Å²) in [7, 11) is 0. The first-order valence-electron chi connectivity index (χ1n) is 6.94. The third-order valence-electron chi connectivity index (χ3n) is 3.67. The second-order valence-electron chi connectivity index (χ2n) is 4.95. The van der Waals surface area contributed by atoms with Crippen molar-refractivity contribution in [2.75, 3.05) is 24.6 Å². The number of hydrogen-bond donors (Lipinski definition) is 0. The van der Waals surface area contributed by atoms with Gasteiger partial charge in [-0.15, -0.1) is 0 Å². The Balaban J connectivity index is 2.06. The molecule has 0 spiro atoms. The number of nitrogens with zero attached hydrogens (tertiary/aromatic N) is 3. The standard InChI is InChI=1S/C15H19N3O2/c1-3-20-15(19)12-5-8-18(9-6-12)14-13(10-16)11(2)4-7-17-14/h4,7,12H,3,5-6,8-9H2,1-2H3. The number of nitriles is 1. The Hall–Kier alpha value is -2.09. The van der Waals surface area contributed by atoms with Crippen molar-refractivity contribution in [2.24, 2.45) is 5.92 Å². The molecule has 0 N–H and O–H groups in total. The summed E-state index contributed by atoms with van der Waals surface area (Å²) in [5.41, 5.74) is 1.56. The van der Waals surface area contributed by atoms with Crippen molar-refractivity contribution in [2.45, 2.75) is 26.7 Å². The molecule has 1 saturated heterocycles. The SMILES string of the molecule is CCOC(=O)C1CCN(c2nccc(C)c2C#N)CC1. The molecule has 0 amide bonds. The van der Waals surface area contributed by atoms with E-state index in [1.54, 1.807) is 6.20 Å². The third kappa shape index (κ3) is 2.90. The summed E-state index contributed by atoms with van der Waals surface area (Å²) in [5, 5.41) is 9.25. The molecule has 0 atom stereocenters. The highest BCUT2D eigenvalue weighted by Gasteiger charge is 2.27. The largest absolute Gasteiger partial charge is 0.466 e. The van der Waals surface area contributed by atoms with E-state index in [0.29, 0.717) is 12.2 Å². The van der Waals surface area contributed by atoms with Crippen LogP contribution in [0.1, 0.15) is 30.9 Å². The zero-order valence-electron chi connectivity index (χ0n) is 11.9. The highest BCUT2D eigenvalue weighted by atomic mass is 16.5. The number of pyridine rings is 1. The minimum absolute atomic E-state index is 0.0263. The molecule has 0 radical (unpaired) electrons. The molecule has 2 heterocycles. The Bertz CT molecular complexity index is 528. The first kappa shape index (κ1) is 14.3. The molecule has 0 aromatic carbocycles. The number of carbonyl (C=O) groups excluding carboxylic acids is 1. The lowest BCUT2D eigenvalue weighted by Crippen LogP contribution is -2.37. The van der Waals surface area contributed by atoms with E-state index in [0.717, 1.165) is 37.3 Å². The number of ether oxygens (including phenoxy) is 1. The van der Waals surface area contributed by atoms with Gasteiger partial charge in [0.2, 0.25) is 0 Å². The van der Waals surface area contributed by atoms with Crippen molar-refractivity contribution >= 4 is 11.8 Å². The van der Waals surface area contributed by atoms with Crippen LogP contribution in [0.3, 0.4) is 0 Å². The van der Waals surface area contributed by atoms with E-state index in [2.05, 4.69) is 16.0 Å². The summed E-state index contributed by atoms with van der Waals surface area (Å²) in [4.78, 5) is 18.1. The van der Waals surface area contributed by atoms with Crippen molar-refractivity contribution in [3.63, 3.8) is 0 Å². The normalized spacial score (nSPS) is 15.8. The van der Waals surface area contributed by atoms with Crippen LogP contribution < -0.4 is 4.90 Å². The Morgan fingerprint density at radius 1 is 1.55 bits per heavy atom. The minimum Gasteiger partial charge on any atom is -0.466 e. The molecule has 1 aromatic heterocycles. The van der Waals surface area contributed by atoms with Crippen molar-refractivity contribution in [3.8, 4) is 6.07 Å². The second-order valence-corrected chi connectivity index (χ2v) is 4.95. The van der Waals surface area contributed by atoms with Gasteiger partial charge in [-0.05, 0) is 38.3 Å². The van der Waals surface area contributed by atoms with E-state index in [9.17, 15) is 10.1 Å². The van der Waals surface area contributed by atoms with E-state index < -0.39 is 0 Å². The summed E-state index contributed by atoms with van der Waals surface area (Å²) in [6.45, 7) is 5.62.